The van der Waals surface area contributed by atoms with E-state index in [1.54, 1.807) is 18.5 Å². The highest BCUT2D eigenvalue weighted by Gasteiger charge is 2.59. The van der Waals surface area contributed by atoms with E-state index in [2.05, 4.69) is 14.9 Å². The lowest BCUT2D eigenvalue weighted by Gasteiger charge is -2.37. The highest BCUT2D eigenvalue weighted by atomic mass is 16.2. The number of amides is 2. The quantitative estimate of drug-likeness (QED) is 0.763. The number of piperazine rings is 1. The second-order valence-electron chi connectivity index (χ2n) is 7.62. The lowest BCUT2D eigenvalue weighted by Crippen LogP contribution is -2.54. The van der Waals surface area contributed by atoms with Crippen LogP contribution in [0.1, 0.15) is 38.5 Å². The Kier molecular flexibility index (Phi) is 4.78. The van der Waals surface area contributed by atoms with Crippen molar-refractivity contribution in [3.63, 3.8) is 0 Å². The Labute approximate surface area is 154 Å². The third-order valence-corrected chi connectivity index (χ3v) is 5.86. The molecule has 4 rings (SSSR count). The molecule has 2 amide bonds. The van der Waals surface area contributed by atoms with Crippen LogP contribution in [0.2, 0.25) is 0 Å². The molecule has 3 fully saturated rings. The highest BCUT2D eigenvalue weighted by Crippen LogP contribution is 2.49. The van der Waals surface area contributed by atoms with Gasteiger partial charge in [-0.25, -0.2) is 9.97 Å². The van der Waals surface area contributed by atoms with Crippen molar-refractivity contribution < 1.29 is 9.59 Å². The number of carbonyl (C=O) groups excluding carboxylic acids is 2. The number of likely N-dealkylation sites (tertiary alicyclic amines) is 1. The lowest BCUT2D eigenvalue weighted by atomic mass is 10.0. The molecule has 1 aromatic rings. The molecule has 1 saturated carbocycles. The molecule has 0 atom stereocenters. The Hall–Kier alpha value is -2.18. The van der Waals surface area contributed by atoms with Crippen molar-refractivity contribution in [2.45, 2.75) is 38.5 Å². The number of carbonyl (C=O) groups is 2. The van der Waals surface area contributed by atoms with E-state index in [0.29, 0.717) is 45.0 Å². The van der Waals surface area contributed by atoms with Gasteiger partial charge < -0.3 is 14.7 Å². The van der Waals surface area contributed by atoms with E-state index >= 15 is 0 Å². The van der Waals surface area contributed by atoms with Gasteiger partial charge in [-0.3, -0.25) is 9.59 Å². The van der Waals surface area contributed by atoms with Gasteiger partial charge in [0.2, 0.25) is 17.8 Å². The molecule has 0 spiro atoms. The Morgan fingerprint density at radius 2 is 1.31 bits per heavy atom. The molecule has 140 valence electrons. The smallest absolute Gasteiger partial charge is 0.238 e. The van der Waals surface area contributed by atoms with E-state index in [4.69, 9.17) is 0 Å². The summed E-state index contributed by atoms with van der Waals surface area (Å²) >= 11 is 0. The number of aromatic nitrogens is 2. The molecule has 1 aliphatic carbocycles. The molecule has 3 aliphatic rings. The van der Waals surface area contributed by atoms with Crippen LogP contribution in [0.4, 0.5) is 5.95 Å². The van der Waals surface area contributed by atoms with Crippen LogP contribution in [0.15, 0.2) is 18.5 Å². The fourth-order valence-electron chi connectivity index (χ4n) is 4.09. The summed E-state index contributed by atoms with van der Waals surface area (Å²) in [5.41, 5.74) is -0.754. The predicted molar refractivity (Wildman–Crippen MR) is 97.5 cm³/mol. The number of hydrogen-bond donors (Lipinski definition) is 0. The SMILES string of the molecule is O=C(N1CCCCCC1)C1(C(=O)N2CCN(c3ncccn3)CC2)CC1. The lowest BCUT2D eigenvalue weighted by molar-refractivity contribution is -0.149. The van der Waals surface area contributed by atoms with Crippen LogP contribution in [-0.4, -0.2) is 70.9 Å². The molecule has 26 heavy (non-hydrogen) atoms. The number of nitrogens with zero attached hydrogens (tertiary/aromatic N) is 5. The number of rotatable bonds is 3. The van der Waals surface area contributed by atoms with Gasteiger partial charge in [0, 0.05) is 51.7 Å². The molecule has 2 saturated heterocycles. The third kappa shape index (κ3) is 3.27. The van der Waals surface area contributed by atoms with E-state index in [9.17, 15) is 9.59 Å². The van der Waals surface area contributed by atoms with Crippen LogP contribution in [0.5, 0.6) is 0 Å². The maximum absolute atomic E-state index is 13.1. The number of anilines is 1. The maximum atomic E-state index is 13.1. The summed E-state index contributed by atoms with van der Waals surface area (Å²) in [7, 11) is 0. The van der Waals surface area contributed by atoms with E-state index in [1.165, 1.54) is 12.8 Å². The topological polar surface area (TPSA) is 69.6 Å². The molecule has 0 unspecified atom stereocenters. The average molecular weight is 357 g/mol. The van der Waals surface area contributed by atoms with Gasteiger partial charge in [0.05, 0.1) is 0 Å². The van der Waals surface area contributed by atoms with Crippen molar-refractivity contribution in [2.75, 3.05) is 44.2 Å². The molecule has 2 aliphatic heterocycles. The summed E-state index contributed by atoms with van der Waals surface area (Å²) in [6.07, 6.45) is 9.39. The number of hydrogen-bond acceptors (Lipinski definition) is 5. The largest absolute Gasteiger partial charge is 0.342 e. The van der Waals surface area contributed by atoms with Crippen molar-refractivity contribution >= 4 is 17.8 Å². The summed E-state index contributed by atoms with van der Waals surface area (Å²) < 4.78 is 0. The first-order valence-electron chi connectivity index (χ1n) is 9.81. The molecule has 7 heteroatoms. The first-order valence-corrected chi connectivity index (χ1v) is 9.81. The zero-order valence-corrected chi connectivity index (χ0v) is 15.3. The second-order valence-corrected chi connectivity index (χ2v) is 7.62. The first kappa shape index (κ1) is 17.2. The van der Waals surface area contributed by atoms with Crippen LogP contribution in [-0.2, 0) is 9.59 Å². The zero-order valence-electron chi connectivity index (χ0n) is 15.3. The van der Waals surface area contributed by atoms with Crippen molar-refractivity contribution in [2.24, 2.45) is 5.41 Å². The second kappa shape index (κ2) is 7.21. The standard InChI is InChI=1S/C19H27N5O2/c25-16(22-10-3-1-2-4-11-22)19(6-7-19)17(26)23-12-14-24(15-13-23)18-20-8-5-9-21-18/h5,8-9H,1-4,6-7,10-15H2. The minimum Gasteiger partial charge on any atom is -0.342 e. The summed E-state index contributed by atoms with van der Waals surface area (Å²) in [6.45, 7) is 4.31. The summed E-state index contributed by atoms with van der Waals surface area (Å²) in [5.74, 6) is 0.833. The molecule has 0 radical (unpaired) electrons. The van der Waals surface area contributed by atoms with Gasteiger partial charge in [-0.15, -0.1) is 0 Å². The molecule has 3 heterocycles. The fourth-order valence-corrected chi connectivity index (χ4v) is 4.09. The average Bonchev–Trinajstić information content (AvgIpc) is 3.53. The summed E-state index contributed by atoms with van der Waals surface area (Å²) in [4.78, 5) is 40.7. The van der Waals surface area contributed by atoms with Gasteiger partial charge in [-0.2, -0.15) is 0 Å². The van der Waals surface area contributed by atoms with E-state index < -0.39 is 5.41 Å². The summed E-state index contributed by atoms with van der Waals surface area (Å²) in [5, 5.41) is 0. The van der Waals surface area contributed by atoms with Crippen molar-refractivity contribution in [1.82, 2.24) is 19.8 Å². The van der Waals surface area contributed by atoms with Gasteiger partial charge in [0.15, 0.2) is 0 Å². The van der Waals surface area contributed by atoms with Crippen LogP contribution in [0.25, 0.3) is 0 Å². The minimum atomic E-state index is -0.754. The normalized spacial score (nSPS) is 22.7. The predicted octanol–water partition coefficient (Wildman–Crippen LogP) is 1.31. The Morgan fingerprint density at radius 1 is 0.769 bits per heavy atom. The van der Waals surface area contributed by atoms with Crippen molar-refractivity contribution in [3.8, 4) is 0 Å². The maximum Gasteiger partial charge on any atom is 0.238 e. The zero-order chi connectivity index (χ0) is 18.0. The Morgan fingerprint density at radius 3 is 1.85 bits per heavy atom. The minimum absolute atomic E-state index is 0.0420. The monoisotopic (exact) mass is 357 g/mol. The van der Waals surface area contributed by atoms with Gasteiger partial charge in [0.25, 0.3) is 0 Å². The fraction of sp³-hybridized carbons (Fsp3) is 0.684. The van der Waals surface area contributed by atoms with Gasteiger partial charge in [0.1, 0.15) is 5.41 Å². The van der Waals surface area contributed by atoms with Crippen molar-refractivity contribution in [1.29, 1.82) is 0 Å². The van der Waals surface area contributed by atoms with E-state index in [-0.39, 0.29) is 11.8 Å². The van der Waals surface area contributed by atoms with Crippen molar-refractivity contribution in [3.05, 3.63) is 18.5 Å². The molecule has 0 aromatic carbocycles. The summed E-state index contributed by atoms with van der Waals surface area (Å²) in [6, 6.07) is 1.80. The van der Waals surface area contributed by atoms with Crippen LogP contribution < -0.4 is 4.90 Å². The van der Waals surface area contributed by atoms with Gasteiger partial charge in [-0.05, 0) is 31.7 Å². The first-order chi connectivity index (χ1) is 12.7. The molecular weight excluding hydrogens is 330 g/mol. The van der Waals surface area contributed by atoms with Crippen LogP contribution >= 0.6 is 0 Å². The Bertz CT molecular complexity index is 645. The van der Waals surface area contributed by atoms with E-state index in [1.807, 2.05) is 9.80 Å². The molecule has 0 N–H and O–H groups in total. The molecule has 7 nitrogen and oxygen atoms in total. The van der Waals surface area contributed by atoms with E-state index in [0.717, 1.165) is 25.9 Å². The van der Waals surface area contributed by atoms with Gasteiger partial charge >= 0.3 is 0 Å². The van der Waals surface area contributed by atoms with Crippen LogP contribution in [0.3, 0.4) is 0 Å². The molecular formula is C19H27N5O2. The molecule has 0 bridgehead atoms. The molecule has 1 aromatic heterocycles. The van der Waals surface area contributed by atoms with Gasteiger partial charge in [-0.1, -0.05) is 12.8 Å². The highest BCUT2D eigenvalue weighted by molar-refractivity contribution is 6.07. The van der Waals surface area contributed by atoms with Crippen LogP contribution in [0, 0.1) is 5.41 Å². The Balaban J connectivity index is 1.38. The third-order valence-electron chi connectivity index (χ3n) is 5.86.